The van der Waals surface area contributed by atoms with Gasteiger partial charge in [0, 0.05) is 32.4 Å². The fraction of sp³-hybridized carbons (Fsp3) is 0.471. The van der Waals surface area contributed by atoms with Crippen molar-refractivity contribution in [3.63, 3.8) is 0 Å². The zero-order valence-electron chi connectivity index (χ0n) is 14.0. The summed E-state index contributed by atoms with van der Waals surface area (Å²) in [7, 11) is 0. The molecule has 0 atom stereocenters. The van der Waals surface area contributed by atoms with Gasteiger partial charge in [0.25, 0.3) is 0 Å². The summed E-state index contributed by atoms with van der Waals surface area (Å²) < 4.78 is 40.0. The normalized spacial score (nSPS) is 14.7. The van der Waals surface area contributed by atoms with Gasteiger partial charge in [-0.2, -0.15) is 0 Å². The average molecular weight is 372 g/mol. The third kappa shape index (κ3) is 6.38. The van der Waals surface area contributed by atoms with E-state index in [2.05, 4.69) is 10.1 Å². The number of likely N-dealkylation sites (tertiary alicyclic amines) is 1. The highest BCUT2D eigenvalue weighted by Gasteiger charge is 2.31. The van der Waals surface area contributed by atoms with Gasteiger partial charge in [0.2, 0.25) is 17.7 Å². The summed E-state index contributed by atoms with van der Waals surface area (Å²) in [6.45, 7) is 0.632. The van der Waals surface area contributed by atoms with Gasteiger partial charge in [-0.1, -0.05) is 12.1 Å². The molecule has 1 saturated heterocycles. The number of amides is 3. The Balaban J connectivity index is 1.64. The summed E-state index contributed by atoms with van der Waals surface area (Å²) in [6, 6.07) is 5.34. The topological polar surface area (TPSA) is 75.7 Å². The molecule has 1 aliphatic rings. The third-order valence-corrected chi connectivity index (χ3v) is 3.83. The molecule has 0 bridgehead atoms. The Labute approximate surface area is 148 Å². The highest BCUT2D eigenvalue weighted by atomic mass is 19.4. The number of carbonyl (C=O) groups excluding carboxylic acids is 3. The summed E-state index contributed by atoms with van der Waals surface area (Å²) in [4.78, 5) is 35.8. The van der Waals surface area contributed by atoms with E-state index in [4.69, 9.17) is 0 Å². The quantitative estimate of drug-likeness (QED) is 0.561. The second-order valence-corrected chi connectivity index (χ2v) is 5.83. The molecular weight excluding hydrogens is 353 g/mol. The van der Waals surface area contributed by atoms with Gasteiger partial charge in [-0.05, 0) is 30.5 Å². The molecule has 0 unspecified atom stereocenters. The molecule has 1 aromatic carbocycles. The lowest BCUT2D eigenvalue weighted by Gasteiger charge is -2.13. The summed E-state index contributed by atoms with van der Waals surface area (Å²) in [5.74, 6) is -0.880. The van der Waals surface area contributed by atoms with Crippen molar-refractivity contribution in [1.29, 1.82) is 0 Å². The molecule has 1 fully saturated rings. The molecule has 1 N–H and O–H groups in total. The van der Waals surface area contributed by atoms with Crippen LogP contribution < -0.4 is 10.1 Å². The first-order chi connectivity index (χ1) is 12.2. The second kappa shape index (κ2) is 8.68. The number of benzene rings is 1. The predicted octanol–water partition coefficient (Wildman–Crippen LogP) is 2.17. The lowest BCUT2D eigenvalue weighted by molar-refractivity contribution is -0.274. The van der Waals surface area contributed by atoms with Crippen molar-refractivity contribution in [2.75, 3.05) is 13.1 Å². The number of rotatable bonds is 8. The van der Waals surface area contributed by atoms with Crippen LogP contribution in [0.3, 0.4) is 0 Å². The number of nitrogens with one attached hydrogen (secondary N) is 1. The van der Waals surface area contributed by atoms with Crippen molar-refractivity contribution in [3.05, 3.63) is 29.8 Å². The third-order valence-electron chi connectivity index (χ3n) is 3.83. The molecule has 0 saturated carbocycles. The van der Waals surface area contributed by atoms with Crippen molar-refractivity contribution in [2.24, 2.45) is 0 Å². The molecule has 1 aromatic rings. The monoisotopic (exact) mass is 372 g/mol. The first-order valence-electron chi connectivity index (χ1n) is 8.19. The number of ether oxygens (including phenoxy) is 1. The molecule has 0 radical (unpaired) electrons. The number of alkyl halides is 3. The molecule has 142 valence electrons. The van der Waals surface area contributed by atoms with E-state index in [0.717, 1.165) is 0 Å². The van der Waals surface area contributed by atoms with Crippen molar-refractivity contribution >= 4 is 17.7 Å². The number of imide groups is 1. The largest absolute Gasteiger partial charge is 0.573 e. The number of hydrogen-bond donors (Lipinski definition) is 1. The fourth-order valence-corrected chi connectivity index (χ4v) is 2.54. The van der Waals surface area contributed by atoms with Gasteiger partial charge in [0.15, 0.2) is 0 Å². The van der Waals surface area contributed by atoms with Gasteiger partial charge < -0.3 is 10.1 Å². The zero-order chi connectivity index (χ0) is 19.2. The molecule has 1 aliphatic heterocycles. The van der Waals surface area contributed by atoms with E-state index in [0.29, 0.717) is 31.5 Å². The SMILES string of the molecule is O=C(CCc1ccc(OC(F)(F)F)cc1)NCCCN1C(=O)CCC1=O. The number of nitrogens with zero attached hydrogens (tertiary/aromatic N) is 1. The Morgan fingerprint density at radius 3 is 2.31 bits per heavy atom. The van der Waals surface area contributed by atoms with E-state index in [1.807, 2.05) is 0 Å². The van der Waals surface area contributed by atoms with Gasteiger partial charge in [0.05, 0.1) is 0 Å². The Bertz CT molecular complexity index is 643. The van der Waals surface area contributed by atoms with E-state index in [1.54, 1.807) is 0 Å². The number of halogens is 3. The predicted molar refractivity (Wildman–Crippen MR) is 85.0 cm³/mol. The van der Waals surface area contributed by atoms with Gasteiger partial charge >= 0.3 is 6.36 Å². The van der Waals surface area contributed by atoms with Crippen LogP contribution in [0.15, 0.2) is 24.3 Å². The summed E-state index contributed by atoms with van der Waals surface area (Å²) in [5.41, 5.74) is 0.711. The molecule has 6 nitrogen and oxygen atoms in total. The maximum atomic E-state index is 12.1. The minimum atomic E-state index is -4.73. The van der Waals surface area contributed by atoms with Crippen LogP contribution in [-0.4, -0.2) is 42.1 Å². The highest BCUT2D eigenvalue weighted by molar-refractivity contribution is 6.01. The molecule has 0 aliphatic carbocycles. The van der Waals surface area contributed by atoms with Crippen molar-refractivity contribution in [2.45, 2.75) is 38.5 Å². The van der Waals surface area contributed by atoms with Crippen LogP contribution in [0.4, 0.5) is 13.2 Å². The molecule has 1 heterocycles. The van der Waals surface area contributed by atoms with Crippen LogP contribution in [0.2, 0.25) is 0 Å². The van der Waals surface area contributed by atoms with E-state index in [-0.39, 0.29) is 42.7 Å². The Kier molecular flexibility index (Phi) is 6.59. The van der Waals surface area contributed by atoms with Crippen LogP contribution in [-0.2, 0) is 20.8 Å². The summed E-state index contributed by atoms with van der Waals surface area (Å²) in [5, 5.41) is 2.69. The van der Waals surface area contributed by atoms with Gasteiger partial charge in [-0.3, -0.25) is 19.3 Å². The van der Waals surface area contributed by atoms with Crippen LogP contribution >= 0.6 is 0 Å². The van der Waals surface area contributed by atoms with Crippen LogP contribution in [0.1, 0.15) is 31.2 Å². The summed E-state index contributed by atoms with van der Waals surface area (Å²) >= 11 is 0. The number of aryl methyl sites for hydroxylation is 1. The smallest absolute Gasteiger partial charge is 0.406 e. The van der Waals surface area contributed by atoms with E-state index >= 15 is 0 Å². The van der Waals surface area contributed by atoms with Gasteiger partial charge in [0.1, 0.15) is 5.75 Å². The number of carbonyl (C=O) groups is 3. The second-order valence-electron chi connectivity index (χ2n) is 5.83. The van der Waals surface area contributed by atoms with E-state index in [9.17, 15) is 27.6 Å². The molecule has 9 heteroatoms. The van der Waals surface area contributed by atoms with Gasteiger partial charge in [-0.15, -0.1) is 13.2 Å². The van der Waals surface area contributed by atoms with Crippen LogP contribution in [0.5, 0.6) is 5.75 Å². The van der Waals surface area contributed by atoms with E-state index in [1.165, 1.54) is 29.2 Å². The summed E-state index contributed by atoms with van der Waals surface area (Å²) in [6.07, 6.45) is -3.20. The first kappa shape index (κ1) is 19.7. The maximum Gasteiger partial charge on any atom is 0.573 e. The molecule has 2 rings (SSSR count). The van der Waals surface area contributed by atoms with Crippen LogP contribution in [0.25, 0.3) is 0 Å². The zero-order valence-corrected chi connectivity index (χ0v) is 14.0. The minimum absolute atomic E-state index is 0.181. The van der Waals surface area contributed by atoms with Crippen molar-refractivity contribution < 1.29 is 32.3 Å². The standard InChI is InChI=1S/C17H19F3N2O4/c18-17(19,20)26-13-5-2-12(3-6-13)4-7-14(23)21-10-1-11-22-15(24)8-9-16(22)25/h2-3,5-6H,1,4,7-11H2,(H,21,23). The lowest BCUT2D eigenvalue weighted by Crippen LogP contribution is -2.33. The Morgan fingerprint density at radius 2 is 1.73 bits per heavy atom. The maximum absolute atomic E-state index is 12.1. The molecule has 3 amide bonds. The minimum Gasteiger partial charge on any atom is -0.406 e. The molecule has 0 spiro atoms. The van der Waals surface area contributed by atoms with Gasteiger partial charge in [-0.25, -0.2) is 0 Å². The Morgan fingerprint density at radius 1 is 1.12 bits per heavy atom. The first-order valence-corrected chi connectivity index (χ1v) is 8.19. The van der Waals surface area contributed by atoms with Crippen molar-refractivity contribution in [3.8, 4) is 5.75 Å². The van der Waals surface area contributed by atoms with Crippen LogP contribution in [0, 0.1) is 0 Å². The molecule has 26 heavy (non-hydrogen) atoms. The van der Waals surface area contributed by atoms with E-state index < -0.39 is 6.36 Å². The molecular formula is C17H19F3N2O4. The fourth-order valence-electron chi connectivity index (χ4n) is 2.54. The average Bonchev–Trinajstić information content (AvgIpc) is 2.88. The van der Waals surface area contributed by atoms with Crippen molar-refractivity contribution in [1.82, 2.24) is 10.2 Å². The highest BCUT2D eigenvalue weighted by Crippen LogP contribution is 2.23. The molecule has 0 aromatic heterocycles. The Hall–Kier alpha value is -2.58. The number of hydrogen-bond acceptors (Lipinski definition) is 4. The lowest BCUT2D eigenvalue weighted by atomic mass is 10.1.